The van der Waals surface area contributed by atoms with Gasteiger partial charge in [0.2, 0.25) is 11.4 Å². The predicted octanol–water partition coefficient (Wildman–Crippen LogP) is 1.91. The highest BCUT2D eigenvalue weighted by Gasteiger charge is 2.64. The second-order valence-electron chi connectivity index (χ2n) is 4.99. The lowest BCUT2D eigenvalue weighted by atomic mass is 9.83. The molecule has 0 spiro atoms. The van der Waals surface area contributed by atoms with Crippen molar-refractivity contribution < 1.29 is 38.7 Å². The molecular formula is C16H30O8. The molecule has 0 amide bonds. The second kappa shape index (κ2) is 10.6. The summed E-state index contributed by atoms with van der Waals surface area (Å²) in [4.78, 5) is 23.4. The van der Waals surface area contributed by atoms with Crippen LogP contribution in [0.15, 0.2) is 0 Å². The van der Waals surface area contributed by atoms with Gasteiger partial charge in [-0.2, -0.15) is 0 Å². The molecule has 0 aliphatic carbocycles. The number of carboxylic acid groups (broad SMARTS) is 2. The summed E-state index contributed by atoms with van der Waals surface area (Å²) in [5.41, 5.74) is -1.90. The summed E-state index contributed by atoms with van der Waals surface area (Å²) < 4.78 is 22.6. The minimum absolute atomic E-state index is 0.0133. The van der Waals surface area contributed by atoms with Crippen LogP contribution in [0, 0.1) is 0 Å². The third-order valence-corrected chi connectivity index (χ3v) is 3.67. The SMILES string of the molecule is CCOC(CC(=O)O)C(OCC)(OCC)C(CC)(OCC)C(=O)O. The number of carboxylic acids is 2. The molecule has 142 valence electrons. The number of ether oxygens (including phenoxy) is 4. The van der Waals surface area contributed by atoms with Crippen LogP contribution in [0.25, 0.3) is 0 Å². The van der Waals surface area contributed by atoms with Gasteiger partial charge in [-0.1, -0.05) is 6.92 Å². The normalized spacial score (nSPS) is 15.7. The monoisotopic (exact) mass is 350 g/mol. The molecule has 0 aromatic heterocycles. The molecule has 8 nitrogen and oxygen atoms in total. The molecule has 0 bridgehead atoms. The van der Waals surface area contributed by atoms with Crippen molar-refractivity contribution in [3.63, 3.8) is 0 Å². The minimum atomic E-state index is -1.90. The lowest BCUT2D eigenvalue weighted by Crippen LogP contribution is -2.69. The maximum Gasteiger partial charge on any atom is 0.341 e. The van der Waals surface area contributed by atoms with Gasteiger partial charge < -0.3 is 29.2 Å². The van der Waals surface area contributed by atoms with Crippen molar-refractivity contribution in [2.24, 2.45) is 0 Å². The summed E-state index contributed by atoms with van der Waals surface area (Å²) in [5, 5.41) is 19.1. The molecule has 0 aromatic rings. The van der Waals surface area contributed by atoms with Crippen LogP contribution in [0.2, 0.25) is 0 Å². The molecule has 0 saturated heterocycles. The fraction of sp³-hybridized carbons (Fsp3) is 0.875. The molecule has 24 heavy (non-hydrogen) atoms. The van der Waals surface area contributed by atoms with E-state index in [2.05, 4.69) is 0 Å². The Bertz CT molecular complexity index is 392. The predicted molar refractivity (Wildman–Crippen MR) is 85.9 cm³/mol. The van der Waals surface area contributed by atoms with Gasteiger partial charge in [0.05, 0.1) is 6.42 Å². The number of rotatable bonds is 14. The number of hydrogen-bond acceptors (Lipinski definition) is 6. The van der Waals surface area contributed by atoms with Gasteiger partial charge in [-0.25, -0.2) is 4.79 Å². The lowest BCUT2D eigenvalue weighted by Gasteiger charge is -2.49. The van der Waals surface area contributed by atoms with Crippen LogP contribution >= 0.6 is 0 Å². The molecule has 0 aromatic carbocycles. The molecule has 0 fully saturated rings. The molecule has 2 atom stereocenters. The minimum Gasteiger partial charge on any atom is -0.481 e. The molecule has 2 unspecified atom stereocenters. The Kier molecular flexibility index (Phi) is 10.1. The highest BCUT2D eigenvalue weighted by Crippen LogP contribution is 2.40. The number of hydrogen-bond donors (Lipinski definition) is 2. The summed E-state index contributed by atoms with van der Waals surface area (Å²) in [7, 11) is 0. The molecule has 0 heterocycles. The molecular weight excluding hydrogens is 320 g/mol. The van der Waals surface area contributed by atoms with E-state index in [4.69, 9.17) is 18.9 Å². The zero-order chi connectivity index (χ0) is 18.8. The van der Waals surface area contributed by atoms with E-state index >= 15 is 0 Å². The first-order valence-electron chi connectivity index (χ1n) is 8.30. The van der Waals surface area contributed by atoms with Crippen molar-refractivity contribution in [3.8, 4) is 0 Å². The van der Waals surface area contributed by atoms with Gasteiger partial charge in [-0.15, -0.1) is 0 Å². The fourth-order valence-corrected chi connectivity index (χ4v) is 2.87. The average Bonchev–Trinajstić information content (AvgIpc) is 2.51. The van der Waals surface area contributed by atoms with Gasteiger partial charge in [-0.3, -0.25) is 4.79 Å². The first kappa shape index (κ1) is 22.8. The van der Waals surface area contributed by atoms with Crippen LogP contribution in [-0.4, -0.2) is 66.1 Å². The van der Waals surface area contributed by atoms with E-state index in [9.17, 15) is 19.8 Å². The summed E-state index contributed by atoms with van der Waals surface area (Å²) in [5.74, 6) is -4.32. The van der Waals surface area contributed by atoms with Gasteiger partial charge in [-0.05, 0) is 34.1 Å². The smallest absolute Gasteiger partial charge is 0.341 e. The number of carbonyl (C=O) groups is 2. The maximum absolute atomic E-state index is 12.1. The van der Waals surface area contributed by atoms with E-state index in [0.717, 1.165) is 0 Å². The van der Waals surface area contributed by atoms with Gasteiger partial charge in [0.25, 0.3) is 0 Å². The molecule has 0 radical (unpaired) electrons. The third kappa shape index (κ3) is 4.66. The van der Waals surface area contributed by atoms with E-state index in [1.54, 1.807) is 34.6 Å². The first-order chi connectivity index (χ1) is 11.3. The summed E-state index contributed by atoms with van der Waals surface area (Å²) in [6, 6.07) is 0. The summed E-state index contributed by atoms with van der Waals surface area (Å²) >= 11 is 0. The van der Waals surface area contributed by atoms with Gasteiger partial charge in [0, 0.05) is 26.4 Å². The standard InChI is InChI=1S/C16H30O8/c1-6-15(14(19)20,22-8-3)16(23-9-4,24-10-5)12(21-7-2)11-13(17)18/h12H,6-11H2,1-5H3,(H,17,18)(H,19,20). The molecule has 2 N–H and O–H groups in total. The summed E-state index contributed by atoms with van der Waals surface area (Å²) in [6.07, 6.45) is -1.61. The van der Waals surface area contributed by atoms with Crippen LogP contribution in [-0.2, 0) is 28.5 Å². The highest BCUT2D eigenvalue weighted by molar-refractivity contribution is 5.79. The van der Waals surface area contributed by atoms with Crippen LogP contribution < -0.4 is 0 Å². The average molecular weight is 350 g/mol. The Morgan fingerprint density at radius 1 is 0.875 bits per heavy atom. The Morgan fingerprint density at radius 2 is 1.38 bits per heavy atom. The van der Waals surface area contributed by atoms with Crippen LogP contribution in [0.3, 0.4) is 0 Å². The molecule has 0 saturated carbocycles. The van der Waals surface area contributed by atoms with E-state index in [1.165, 1.54) is 0 Å². The van der Waals surface area contributed by atoms with Crippen LogP contribution in [0.5, 0.6) is 0 Å². The van der Waals surface area contributed by atoms with E-state index < -0.39 is 35.9 Å². The van der Waals surface area contributed by atoms with Gasteiger partial charge in [0.1, 0.15) is 6.10 Å². The zero-order valence-electron chi connectivity index (χ0n) is 15.2. The summed E-state index contributed by atoms with van der Waals surface area (Å²) in [6.45, 7) is 8.78. The van der Waals surface area contributed by atoms with Crippen molar-refractivity contribution in [1.82, 2.24) is 0 Å². The Hall–Kier alpha value is -1.22. The van der Waals surface area contributed by atoms with Crippen molar-refractivity contribution in [2.75, 3.05) is 26.4 Å². The quantitative estimate of drug-likeness (QED) is 0.457. The Labute approximate surface area is 143 Å². The van der Waals surface area contributed by atoms with Crippen molar-refractivity contribution in [2.45, 2.75) is 65.0 Å². The Morgan fingerprint density at radius 3 is 1.67 bits per heavy atom. The van der Waals surface area contributed by atoms with Crippen LogP contribution in [0.4, 0.5) is 0 Å². The fourth-order valence-electron chi connectivity index (χ4n) is 2.87. The molecule has 0 aliphatic rings. The van der Waals surface area contributed by atoms with Crippen molar-refractivity contribution >= 4 is 11.9 Å². The highest BCUT2D eigenvalue weighted by atomic mass is 16.7. The molecule has 0 aliphatic heterocycles. The molecule has 8 heteroatoms. The zero-order valence-corrected chi connectivity index (χ0v) is 15.2. The lowest BCUT2D eigenvalue weighted by molar-refractivity contribution is -0.360. The number of aliphatic carboxylic acids is 2. The third-order valence-electron chi connectivity index (χ3n) is 3.67. The topological polar surface area (TPSA) is 112 Å². The molecule has 0 rings (SSSR count). The van der Waals surface area contributed by atoms with Crippen molar-refractivity contribution in [3.05, 3.63) is 0 Å². The van der Waals surface area contributed by atoms with Crippen molar-refractivity contribution in [1.29, 1.82) is 0 Å². The van der Waals surface area contributed by atoms with E-state index in [1.807, 2.05) is 0 Å². The maximum atomic E-state index is 12.1. The Balaban J connectivity index is 6.40. The second-order valence-corrected chi connectivity index (χ2v) is 4.99. The van der Waals surface area contributed by atoms with Crippen LogP contribution in [0.1, 0.15) is 47.5 Å². The van der Waals surface area contributed by atoms with E-state index in [-0.39, 0.29) is 32.8 Å². The van der Waals surface area contributed by atoms with E-state index in [0.29, 0.717) is 0 Å². The van der Waals surface area contributed by atoms with Gasteiger partial charge in [0.15, 0.2) is 0 Å². The first-order valence-corrected chi connectivity index (χ1v) is 8.30. The largest absolute Gasteiger partial charge is 0.481 e. The van der Waals surface area contributed by atoms with Gasteiger partial charge >= 0.3 is 11.9 Å².